The minimum atomic E-state index is -0.709. The van der Waals surface area contributed by atoms with Crippen molar-refractivity contribution < 1.29 is 14.3 Å². The Morgan fingerprint density at radius 1 is 1.04 bits per heavy atom. The highest BCUT2D eigenvalue weighted by atomic mass is 16.7. The Morgan fingerprint density at radius 3 is 2.43 bits per heavy atom. The van der Waals surface area contributed by atoms with Crippen LogP contribution in [0.15, 0.2) is 47.3 Å². The van der Waals surface area contributed by atoms with E-state index >= 15 is 0 Å². The third-order valence-corrected chi connectivity index (χ3v) is 4.74. The van der Waals surface area contributed by atoms with E-state index in [0.29, 0.717) is 30.3 Å². The second-order valence-corrected chi connectivity index (χ2v) is 7.23. The van der Waals surface area contributed by atoms with Gasteiger partial charge in [0.1, 0.15) is 0 Å². The molecule has 4 rings (SSSR count). The van der Waals surface area contributed by atoms with Crippen molar-refractivity contribution in [2.75, 3.05) is 5.32 Å². The summed E-state index contributed by atoms with van der Waals surface area (Å²) in [5.74, 6) is 0.380. The molecule has 2 aromatic carbocycles. The molecule has 0 saturated carbocycles. The van der Waals surface area contributed by atoms with Gasteiger partial charge in [0.25, 0.3) is 0 Å². The van der Waals surface area contributed by atoms with Gasteiger partial charge in [0.2, 0.25) is 11.7 Å². The standard InChI is InChI=1S/C21H23N3O4/c1-4-23-15-7-5-6-8-16(15)24(20(23)26)12-11-19(25)22-14-9-10-17-18(13-14)28-21(2,3)27-17/h5-10,13H,4,11-12H2,1-3H3,(H,22,25). The topological polar surface area (TPSA) is 74.5 Å². The van der Waals surface area contributed by atoms with Gasteiger partial charge in [-0.15, -0.1) is 0 Å². The molecule has 2 heterocycles. The van der Waals surface area contributed by atoms with Crippen LogP contribution in [0.2, 0.25) is 0 Å². The summed E-state index contributed by atoms with van der Waals surface area (Å²) in [5.41, 5.74) is 2.26. The monoisotopic (exact) mass is 381 g/mol. The number of para-hydroxylation sites is 2. The number of fused-ring (bicyclic) bond motifs is 2. The molecule has 1 amide bonds. The Kier molecular flexibility index (Phi) is 4.37. The van der Waals surface area contributed by atoms with E-state index in [2.05, 4.69) is 5.32 Å². The molecule has 0 radical (unpaired) electrons. The number of hydrogen-bond acceptors (Lipinski definition) is 4. The van der Waals surface area contributed by atoms with Crippen LogP contribution in [0.25, 0.3) is 11.0 Å². The molecule has 146 valence electrons. The van der Waals surface area contributed by atoms with E-state index in [-0.39, 0.29) is 18.0 Å². The summed E-state index contributed by atoms with van der Waals surface area (Å²) in [6, 6.07) is 12.9. The van der Waals surface area contributed by atoms with Gasteiger partial charge in [0.15, 0.2) is 11.5 Å². The van der Waals surface area contributed by atoms with Crippen LogP contribution < -0.4 is 20.5 Å². The molecular weight excluding hydrogens is 358 g/mol. The second kappa shape index (κ2) is 6.74. The lowest BCUT2D eigenvalue weighted by Gasteiger charge is -2.16. The molecule has 1 aromatic heterocycles. The summed E-state index contributed by atoms with van der Waals surface area (Å²) in [7, 11) is 0. The highest BCUT2D eigenvalue weighted by molar-refractivity contribution is 5.91. The first kappa shape index (κ1) is 18.2. The minimum absolute atomic E-state index is 0.0955. The van der Waals surface area contributed by atoms with Crippen molar-refractivity contribution in [3.63, 3.8) is 0 Å². The van der Waals surface area contributed by atoms with Crippen LogP contribution in [-0.2, 0) is 17.9 Å². The second-order valence-electron chi connectivity index (χ2n) is 7.23. The van der Waals surface area contributed by atoms with Gasteiger partial charge < -0.3 is 14.8 Å². The molecule has 0 bridgehead atoms. The van der Waals surface area contributed by atoms with Crippen LogP contribution >= 0.6 is 0 Å². The average Bonchev–Trinajstić information content (AvgIpc) is 3.10. The van der Waals surface area contributed by atoms with E-state index in [1.807, 2.05) is 45.0 Å². The predicted octanol–water partition coefficient (Wildman–Crippen LogP) is 3.36. The normalized spacial score (nSPS) is 14.4. The number of carbonyl (C=O) groups excluding carboxylic acids is 1. The van der Waals surface area contributed by atoms with Gasteiger partial charge in [0.05, 0.1) is 11.0 Å². The van der Waals surface area contributed by atoms with E-state index in [1.54, 1.807) is 27.3 Å². The van der Waals surface area contributed by atoms with Crippen molar-refractivity contribution >= 4 is 22.6 Å². The summed E-state index contributed by atoms with van der Waals surface area (Å²) in [6.45, 7) is 6.50. The van der Waals surface area contributed by atoms with Crippen molar-refractivity contribution in [1.29, 1.82) is 0 Å². The lowest BCUT2D eigenvalue weighted by molar-refractivity contribution is -0.116. The number of carbonyl (C=O) groups is 1. The zero-order chi connectivity index (χ0) is 19.9. The highest BCUT2D eigenvalue weighted by Gasteiger charge is 2.31. The average molecular weight is 381 g/mol. The van der Waals surface area contributed by atoms with Gasteiger partial charge in [-0.05, 0) is 31.2 Å². The van der Waals surface area contributed by atoms with Gasteiger partial charge in [-0.2, -0.15) is 0 Å². The molecule has 0 unspecified atom stereocenters. The molecule has 0 fully saturated rings. The number of imidazole rings is 1. The van der Waals surface area contributed by atoms with E-state index < -0.39 is 5.79 Å². The Morgan fingerprint density at radius 2 is 1.71 bits per heavy atom. The van der Waals surface area contributed by atoms with Crippen molar-refractivity contribution in [1.82, 2.24) is 9.13 Å². The van der Waals surface area contributed by atoms with E-state index in [4.69, 9.17) is 9.47 Å². The summed E-state index contributed by atoms with van der Waals surface area (Å²) in [4.78, 5) is 25.1. The van der Waals surface area contributed by atoms with Gasteiger partial charge >= 0.3 is 5.69 Å². The lowest BCUT2D eigenvalue weighted by atomic mass is 10.2. The van der Waals surface area contributed by atoms with Crippen LogP contribution in [0.5, 0.6) is 11.5 Å². The van der Waals surface area contributed by atoms with Crippen LogP contribution in [-0.4, -0.2) is 20.8 Å². The lowest BCUT2D eigenvalue weighted by Crippen LogP contribution is -2.29. The molecule has 3 aromatic rings. The molecule has 0 spiro atoms. The first-order valence-electron chi connectivity index (χ1n) is 9.38. The fraction of sp³-hybridized carbons (Fsp3) is 0.333. The number of nitrogens with one attached hydrogen (secondary N) is 1. The molecule has 28 heavy (non-hydrogen) atoms. The SMILES string of the molecule is CCn1c(=O)n(CCC(=O)Nc2ccc3c(c2)OC(C)(C)O3)c2ccccc21. The zero-order valence-electron chi connectivity index (χ0n) is 16.2. The molecule has 0 atom stereocenters. The third-order valence-electron chi connectivity index (χ3n) is 4.74. The van der Waals surface area contributed by atoms with Crippen molar-refractivity contribution in [3.05, 3.63) is 52.9 Å². The minimum Gasteiger partial charge on any atom is -0.449 e. The summed E-state index contributed by atoms with van der Waals surface area (Å²) in [6.07, 6.45) is 0.192. The van der Waals surface area contributed by atoms with Gasteiger partial charge in [-0.1, -0.05) is 12.1 Å². The highest BCUT2D eigenvalue weighted by Crippen LogP contribution is 2.40. The maximum Gasteiger partial charge on any atom is 0.329 e. The molecule has 0 saturated heterocycles. The summed E-state index contributed by atoms with van der Waals surface area (Å²) in [5, 5.41) is 2.86. The number of benzene rings is 2. The van der Waals surface area contributed by atoms with Crippen LogP contribution in [0.4, 0.5) is 5.69 Å². The molecule has 1 aliphatic rings. The van der Waals surface area contributed by atoms with Crippen LogP contribution in [0, 0.1) is 0 Å². The first-order valence-corrected chi connectivity index (χ1v) is 9.38. The first-order chi connectivity index (χ1) is 13.4. The van der Waals surface area contributed by atoms with E-state index in [1.165, 1.54) is 0 Å². The molecule has 0 aliphatic carbocycles. The van der Waals surface area contributed by atoms with E-state index in [0.717, 1.165) is 11.0 Å². The number of ether oxygens (including phenoxy) is 2. The number of aryl methyl sites for hydroxylation is 2. The van der Waals surface area contributed by atoms with Crippen molar-refractivity contribution in [2.24, 2.45) is 0 Å². The molecular formula is C21H23N3O4. The maximum absolute atomic E-state index is 12.6. The van der Waals surface area contributed by atoms with Gasteiger partial charge in [-0.25, -0.2) is 4.79 Å². The number of hydrogen-bond donors (Lipinski definition) is 1. The zero-order valence-corrected chi connectivity index (χ0v) is 16.2. The Labute approximate surface area is 162 Å². The van der Waals surface area contributed by atoms with E-state index in [9.17, 15) is 9.59 Å². The fourth-order valence-electron chi connectivity index (χ4n) is 3.53. The molecule has 1 N–H and O–H groups in total. The maximum atomic E-state index is 12.6. The fourth-order valence-corrected chi connectivity index (χ4v) is 3.53. The van der Waals surface area contributed by atoms with Crippen LogP contribution in [0.3, 0.4) is 0 Å². The third kappa shape index (κ3) is 3.24. The Hall–Kier alpha value is -3.22. The Balaban J connectivity index is 1.47. The number of rotatable bonds is 5. The van der Waals surface area contributed by atoms with Crippen LogP contribution in [0.1, 0.15) is 27.2 Å². The van der Waals surface area contributed by atoms with Gasteiger partial charge in [-0.3, -0.25) is 13.9 Å². The summed E-state index contributed by atoms with van der Waals surface area (Å²) < 4.78 is 14.7. The van der Waals surface area contributed by atoms with Crippen molar-refractivity contribution in [3.8, 4) is 11.5 Å². The number of nitrogens with zero attached hydrogens (tertiary/aromatic N) is 2. The number of anilines is 1. The molecule has 1 aliphatic heterocycles. The summed E-state index contributed by atoms with van der Waals surface area (Å²) >= 11 is 0. The molecule has 7 nitrogen and oxygen atoms in total. The Bertz CT molecular complexity index is 1110. The predicted molar refractivity (Wildman–Crippen MR) is 107 cm³/mol. The van der Waals surface area contributed by atoms with Crippen molar-refractivity contribution in [2.45, 2.75) is 46.1 Å². The number of amides is 1. The number of aromatic nitrogens is 2. The quantitative estimate of drug-likeness (QED) is 0.735. The largest absolute Gasteiger partial charge is 0.449 e. The molecule has 7 heteroatoms. The smallest absolute Gasteiger partial charge is 0.329 e. The van der Waals surface area contributed by atoms with Gasteiger partial charge in [0, 0.05) is 45.1 Å².